The molecular weight excluding hydrogens is 625 g/mol. The highest BCUT2D eigenvalue weighted by molar-refractivity contribution is 6.93. The van der Waals surface area contributed by atoms with Gasteiger partial charge in [-0.25, -0.2) is 0 Å². The number of aliphatic hydroxyl groups is 3. The highest BCUT2D eigenvalue weighted by Gasteiger charge is 2.33. The molecule has 0 saturated heterocycles. The van der Waals surface area contributed by atoms with Crippen molar-refractivity contribution < 1.29 is 36.8 Å². The topological polar surface area (TPSA) is 107 Å². The van der Waals surface area contributed by atoms with Gasteiger partial charge in [0.1, 0.15) is 8.07 Å². The molecule has 15 heteroatoms. The van der Waals surface area contributed by atoms with E-state index in [0.717, 1.165) is 0 Å². The van der Waals surface area contributed by atoms with Crippen LogP contribution in [0.4, 0.5) is 0 Å². The van der Waals surface area contributed by atoms with E-state index in [0.29, 0.717) is 0 Å². The second-order valence-corrected chi connectivity index (χ2v) is 37.3. The highest BCUT2D eigenvalue weighted by atomic mass is 28.4. The number of rotatable bonds is 14. The van der Waals surface area contributed by atoms with Crippen LogP contribution >= 0.6 is 0 Å². The zero-order valence-electron chi connectivity index (χ0n) is 27.5. The zero-order chi connectivity index (χ0) is 32.5. The van der Waals surface area contributed by atoms with Gasteiger partial charge in [0.15, 0.2) is 25.7 Å². The van der Waals surface area contributed by atoms with E-state index in [1.807, 2.05) is 57.2 Å². The van der Waals surface area contributed by atoms with Gasteiger partial charge in [-0.3, -0.25) is 0 Å². The molecule has 0 bridgehead atoms. The fourth-order valence-corrected chi connectivity index (χ4v) is 21.1. The van der Waals surface area contributed by atoms with Crippen LogP contribution in [0.2, 0.25) is 72.0 Å². The first-order valence-corrected chi connectivity index (χ1v) is 32.8. The average molecular weight is 683 g/mol. The van der Waals surface area contributed by atoms with Gasteiger partial charge >= 0.3 is 8.56 Å². The second kappa shape index (κ2) is 19.9. The maximum Gasteiger partial charge on any atom is 0.360 e. The summed E-state index contributed by atoms with van der Waals surface area (Å²) in [6.45, 7) is 22.4. The SMILES string of the molecule is C#C[Si](C)(C)O[Si](C)(C)C#C.CO[SiH](C)CO.CO[Si](C)(/C=C/[Si](C)(C)O[Si](C)(C)/C=C/[Si](C)(CO)CO)OC. The van der Waals surface area contributed by atoms with E-state index < -0.39 is 58.9 Å². The molecule has 0 aliphatic heterocycles. The molecular formula is C25H58O8Si7. The lowest BCUT2D eigenvalue weighted by Crippen LogP contribution is -2.45. The van der Waals surface area contributed by atoms with Crippen LogP contribution in [0, 0.1) is 23.9 Å². The standard InChI is InChI=1S/C14H34O5Si4.C8H14OSi2.C3H10O2Si/c1-17-23(8,18-2)12-10-21(5,6)19-20(3,4)9-11-22(7,13-15)14-16;1-7-10(3,4)9-11(5,6)8-2;1-5-6(2)3-4/h9-12,15-16H,13-14H2,1-8H3;1-2H,3-6H3;4,6H,3H2,1-2H3/b11-9+,12-10+;;. The fourth-order valence-electron chi connectivity index (χ4n) is 2.65. The molecule has 0 radical (unpaired) electrons. The molecule has 234 valence electrons. The molecule has 40 heavy (non-hydrogen) atoms. The third-order valence-corrected chi connectivity index (χ3v) is 24.0. The van der Waals surface area contributed by atoms with Crippen molar-refractivity contribution >= 4 is 58.9 Å². The van der Waals surface area contributed by atoms with Gasteiger partial charge in [0.25, 0.3) is 16.6 Å². The van der Waals surface area contributed by atoms with E-state index in [2.05, 4.69) is 48.7 Å². The Bertz CT molecular complexity index is 775. The largest absolute Gasteiger partial charge is 0.449 e. The molecule has 8 nitrogen and oxygen atoms in total. The molecule has 0 spiro atoms. The number of hydrogen-bond donors (Lipinski definition) is 3. The smallest absolute Gasteiger partial charge is 0.360 e. The Labute approximate surface area is 253 Å². The number of aliphatic hydroxyl groups excluding tert-OH is 3. The van der Waals surface area contributed by atoms with Crippen molar-refractivity contribution in [3.63, 3.8) is 0 Å². The van der Waals surface area contributed by atoms with Crippen LogP contribution in [0.3, 0.4) is 0 Å². The summed E-state index contributed by atoms with van der Waals surface area (Å²) in [7, 11) is -8.25. The van der Waals surface area contributed by atoms with Crippen molar-refractivity contribution in [2.75, 3.05) is 40.0 Å². The van der Waals surface area contributed by atoms with E-state index in [9.17, 15) is 10.2 Å². The molecule has 0 aromatic heterocycles. The first kappa shape index (κ1) is 44.2. The Morgan fingerprint density at radius 1 is 0.650 bits per heavy atom. The van der Waals surface area contributed by atoms with E-state index in [1.165, 1.54) is 0 Å². The van der Waals surface area contributed by atoms with Crippen molar-refractivity contribution in [3.8, 4) is 23.9 Å². The van der Waals surface area contributed by atoms with Crippen LogP contribution < -0.4 is 0 Å². The first-order valence-electron chi connectivity index (χ1n) is 13.2. The Balaban J connectivity index is -0.000000661. The van der Waals surface area contributed by atoms with E-state index in [4.69, 9.17) is 39.5 Å². The first-order chi connectivity index (χ1) is 18.0. The Hall–Kier alpha value is -0.202. The van der Waals surface area contributed by atoms with Gasteiger partial charge in [-0.1, -0.05) is 23.6 Å². The van der Waals surface area contributed by atoms with Crippen LogP contribution in [0.25, 0.3) is 0 Å². The Morgan fingerprint density at radius 3 is 1.27 bits per heavy atom. The molecule has 0 aromatic carbocycles. The van der Waals surface area contributed by atoms with Crippen LogP contribution in [0.15, 0.2) is 22.8 Å². The summed E-state index contributed by atoms with van der Waals surface area (Å²) in [5.41, 5.74) is 13.7. The van der Waals surface area contributed by atoms with E-state index in [1.54, 1.807) is 21.3 Å². The third kappa shape index (κ3) is 22.4. The molecule has 0 aromatic rings. The summed E-state index contributed by atoms with van der Waals surface area (Å²) in [5.74, 6) is 0. The predicted molar refractivity (Wildman–Crippen MR) is 187 cm³/mol. The molecule has 0 heterocycles. The van der Waals surface area contributed by atoms with Crippen LogP contribution in [-0.2, 0) is 21.5 Å². The molecule has 0 aliphatic rings. The summed E-state index contributed by atoms with van der Waals surface area (Å²) in [5, 5.41) is 27.2. The summed E-state index contributed by atoms with van der Waals surface area (Å²) in [4.78, 5) is 0. The van der Waals surface area contributed by atoms with Crippen LogP contribution in [0.1, 0.15) is 0 Å². The molecule has 0 saturated carbocycles. The number of hydrogen-bond acceptors (Lipinski definition) is 8. The molecule has 0 aliphatic carbocycles. The predicted octanol–water partition coefficient (Wildman–Crippen LogP) is 3.46. The van der Waals surface area contributed by atoms with Crippen LogP contribution in [0.5, 0.6) is 0 Å². The Kier molecular flexibility index (Phi) is 22.0. The summed E-state index contributed by atoms with van der Waals surface area (Å²) in [6, 6.07) is 0. The van der Waals surface area contributed by atoms with Gasteiger partial charge in [0, 0.05) is 33.8 Å². The maximum absolute atomic E-state index is 9.44. The van der Waals surface area contributed by atoms with Gasteiger partial charge in [0.05, 0.1) is 6.23 Å². The molecule has 0 amide bonds. The lowest BCUT2D eigenvalue weighted by atomic mass is 11.2. The van der Waals surface area contributed by atoms with Gasteiger partial charge in [-0.2, -0.15) is 0 Å². The van der Waals surface area contributed by atoms with E-state index >= 15 is 0 Å². The lowest BCUT2D eigenvalue weighted by Gasteiger charge is -2.31. The summed E-state index contributed by atoms with van der Waals surface area (Å²) >= 11 is 0. The summed E-state index contributed by atoms with van der Waals surface area (Å²) < 4.78 is 27.9. The molecule has 1 unspecified atom stereocenters. The fraction of sp³-hybridized carbons (Fsp3) is 0.680. The second-order valence-electron chi connectivity index (χ2n) is 12.0. The minimum atomic E-state index is -2.23. The lowest BCUT2D eigenvalue weighted by molar-refractivity contribution is 0.264. The molecule has 0 fully saturated rings. The van der Waals surface area contributed by atoms with Crippen molar-refractivity contribution in [1.82, 2.24) is 0 Å². The van der Waals surface area contributed by atoms with Gasteiger partial charge in [-0.15, -0.1) is 23.9 Å². The van der Waals surface area contributed by atoms with Gasteiger partial charge < -0.3 is 36.8 Å². The molecule has 1 atom stereocenters. The van der Waals surface area contributed by atoms with Crippen molar-refractivity contribution in [3.05, 3.63) is 22.8 Å². The van der Waals surface area contributed by atoms with Gasteiger partial charge in [-0.05, 0) is 71.2 Å². The summed E-state index contributed by atoms with van der Waals surface area (Å²) in [6.07, 6.45) is 11.0. The zero-order valence-corrected chi connectivity index (χ0v) is 34.7. The normalized spacial score (nSPS) is 14.1. The Morgan fingerprint density at radius 2 is 1.02 bits per heavy atom. The minimum absolute atomic E-state index is 0.0524. The van der Waals surface area contributed by atoms with Crippen molar-refractivity contribution in [2.24, 2.45) is 0 Å². The van der Waals surface area contributed by atoms with Crippen molar-refractivity contribution in [2.45, 2.75) is 72.0 Å². The van der Waals surface area contributed by atoms with E-state index in [-0.39, 0.29) is 18.7 Å². The quantitative estimate of drug-likeness (QED) is 0.189. The van der Waals surface area contributed by atoms with Gasteiger partial charge in [0.2, 0.25) is 0 Å². The molecule has 3 N–H and O–H groups in total. The third-order valence-electron chi connectivity index (χ3n) is 5.60. The van der Waals surface area contributed by atoms with Crippen LogP contribution in [-0.4, -0.2) is 114 Å². The number of terminal acetylenes is 2. The molecule has 0 rings (SSSR count). The monoisotopic (exact) mass is 682 g/mol. The average Bonchev–Trinajstić information content (AvgIpc) is 2.89. The van der Waals surface area contributed by atoms with Crippen molar-refractivity contribution in [1.29, 1.82) is 0 Å². The maximum atomic E-state index is 9.44. The highest BCUT2D eigenvalue weighted by Crippen LogP contribution is 2.19. The minimum Gasteiger partial charge on any atom is -0.449 e.